The van der Waals surface area contributed by atoms with Crippen molar-refractivity contribution in [1.82, 2.24) is 10.1 Å². The number of halogens is 2. The number of rotatable bonds is 5. The van der Waals surface area contributed by atoms with Gasteiger partial charge in [0.15, 0.2) is 11.6 Å². The molecule has 2 aromatic carbocycles. The number of carbonyl (C=O) groups is 1. The molecule has 5 nitrogen and oxygen atoms in total. The Morgan fingerprint density at radius 3 is 2.72 bits per heavy atom. The molecule has 0 bridgehead atoms. The Hall–Kier alpha value is -3.09. The van der Waals surface area contributed by atoms with Gasteiger partial charge in [-0.05, 0) is 36.2 Å². The molecule has 0 spiro atoms. The Kier molecular flexibility index (Phi) is 4.83. The standard InChI is InChI=1S/C18H15F2N3O2/c1-11-21-18(23-25-11)13-3-2-4-14(10-13)22-17(24)8-6-12-5-7-15(19)16(20)9-12/h2-5,7,9-10H,6,8H2,1H3,(H,22,24). The maximum atomic E-state index is 13.2. The van der Waals surface area contributed by atoms with Crippen molar-refractivity contribution in [2.75, 3.05) is 5.32 Å². The van der Waals surface area contributed by atoms with Gasteiger partial charge in [-0.2, -0.15) is 4.98 Å². The summed E-state index contributed by atoms with van der Waals surface area (Å²) in [4.78, 5) is 16.2. The van der Waals surface area contributed by atoms with Crippen molar-refractivity contribution in [3.8, 4) is 11.4 Å². The smallest absolute Gasteiger partial charge is 0.224 e. The number of hydrogen-bond acceptors (Lipinski definition) is 4. The van der Waals surface area contributed by atoms with Crippen LogP contribution in [0.25, 0.3) is 11.4 Å². The molecule has 0 fully saturated rings. The first-order valence-corrected chi connectivity index (χ1v) is 7.66. The number of hydrogen-bond donors (Lipinski definition) is 1. The minimum absolute atomic E-state index is 0.149. The van der Waals surface area contributed by atoms with Crippen LogP contribution in [0.15, 0.2) is 47.0 Å². The van der Waals surface area contributed by atoms with E-state index < -0.39 is 11.6 Å². The van der Waals surface area contributed by atoms with Gasteiger partial charge in [-0.3, -0.25) is 4.79 Å². The second-order valence-electron chi connectivity index (χ2n) is 5.51. The molecule has 1 amide bonds. The molecular formula is C18H15F2N3O2. The second-order valence-corrected chi connectivity index (χ2v) is 5.51. The number of amides is 1. The lowest BCUT2D eigenvalue weighted by atomic mass is 10.1. The number of carbonyl (C=O) groups excluding carboxylic acids is 1. The van der Waals surface area contributed by atoms with E-state index >= 15 is 0 Å². The molecule has 0 unspecified atom stereocenters. The molecule has 25 heavy (non-hydrogen) atoms. The zero-order chi connectivity index (χ0) is 17.8. The van der Waals surface area contributed by atoms with Crippen LogP contribution in [0.1, 0.15) is 17.9 Å². The van der Waals surface area contributed by atoms with Crippen LogP contribution in [0.2, 0.25) is 0 Å². The Morgan fingerprint density at radius 2 is 2.00 bits per heavy atom. The predicted molar refractivity (Wildman–Crippen MR) is 87.8 cm³/mol. The van der Waals surface area contributed by atoms with E-state index in [0.717, 1.165) is 17.7 Å². The van der Waals surface area contributed by atoms with Crippen LogP contribution in [0.5, 0.6) is 0 Å². The highest BCUT2D eigenvalue weighted by Gasteiger charge is 2.09. The molecule has 0 saturated heterocycles. The minimum atomic E-state index is -0.916. The Labute approximate surface area is 142 Å². The van der Waals surface area contributed by atoms with Gasteiger partial charge in [0.25, 0.3) is 0 Å². The largest absolute Gasteiger partial charge is 0.339 e. The van der Waals surface area contributed by atoms with Crippen molar-refractivity contribution in [2.24, 2.45) is 0 Å². The van der Waals surface area contributed by atoms with Gasteiger partial charge < -0.3 is 9.84 Å². The normalized spacial score (nSPS) is 10.7. The van der Waals surface area contributed by atoms with Crippen molar-refractivity contribution in [2.45, 2.75) is 19.8 Å². The third-order valence-corrected chi connectivity index (χ3v) is 3.56. The SMILES string of the molecule is Cc1nc(-c2cccc(NC(=O)CCc3ccc(F)c(F)c3)c2)no1. The van der Waals surface area contributed by atoms with Crippen molar-refractivity contribution in [1.29, 1.82) is 0 Å². The van der Waals surface area contributed by atoms with Crippen molar-refractivity contribution < 1.29 is 18.1 Å². The van der Waals surface area contributed by atoms with Gasteiger partial charge in [-0.15, -0.1) is 0 Å². The highest BCUT2D eigenvalue weighted by atomic mass is 19.2. The molecule has 0 radical (unpaired) electrons. The maximum absolute atomic E-state index is 13.2. The van der Waals surface area contributed by atoms with Crippen LogP contribution in [-0.4, -0.2) is 16.0 Å². The highest BCUT2D eigenvalue weighted by Crippen LogP contribution is 2.20. The second kappa shape index (κ2) is 7.21. The molecule has 1 aromatic heterocycles. The van der Waals surface area contributed by atoms with Crippen LogP contribution in [-0.2, 0) is 11.2 Å². The number of nitrogens with one attached hydrogen (secondary N) is 1. The zero-order valence-corrected chi connectivity index (χ0v) is 13.4. The van der Waals surface area contributed by atoms with Crippen LogP contribution in [0.4, 0.5) is 14.5 Å². The summed E-state index contributed by atoms with van der Waals surface area (Å²) in [6, 6.07) is 10.7. The fourth-order valence-electron chi connectivity index (χ4n) is 2.33. The summed E-state index contributed by atoms with van der Waals surface area (Å²) < 4.78 is 31.0. The molecule has 1 heterocycles. The number of benzene rings is 2. The third-order valence-electron chi connectivity index (χ3n) is 3.56. The fourth-order valence-corrected chi connectivity index (χ4v) is 2.33. The number of aromatic nitrogens is 2. The van der Waals surface area contributed by atoms with E-state index in [0.29, 0.717) is 29.4 Å². The van der Waals surface area contributed by atoms with Crippen molar-refractivity contribution >= 4 is 11.6 Å². The van der Waals surface area contributed by atoms with Crippen LogP contribution in [0, 0.1) is 18.6 Å². The van der Waals surface area contributed by atoms with E-state index in [1.807, 2.05) is 0 Å². The summed E-state index contributed by atoms with van der Waals surface area (Å²) in [7, 11) is 0. The average Bonchev–Trinajstić information content (AvgIpc) is 3.03. The Balaban J connectivity index is 1.62. The lowest BCUT2D eigenvalue weighted by Crippen LogP contribution is -2.12. The van der Waals surface area contributed by atoms with Crippen molar-refractivity contribution in [3.05, 3.63) is 65.6 Å². The third kappa shape index (κ3) is 4.26. The number of aryl methyl sites for hydroxylation is 2. The molecule has 1 N–H and O–H groups in total. The van der Waals surface area contributed by atoms with Crippen molar-refractivity contribution in [3.63, 3.8) is 0 Å². The van der Waals surface area contributed by atoms with Crippen LogP contribution < -0.4 is 5.32 Å². The first kappa shape index (κ1) is 16.8. The predicted octanol–water partition coefficient (Wildman–Crippen LogP) is 3.89. The quantitative estimate of drug-likeness (QED) is 0.763. The highest BCUT2D eigenvalue weighted by molar-refractivity contribution is 5.91. The van der Waals surface area contributed by atoms with E-state index in [2.05, 4.69) is 15.5 Å². The van der Waals surface area contributed by atoms with E-state index in [-0.39, 0.29) is 12.3 Å². The summed E-state index contributed by atoms with van der Waals surface area (Å²) in [5.74, 6) is -1.15. The lowest BCUT2D eigenvalue weighted by Gasteiger charge is -2.06. The molecule has 3 aromatic rings. The maximum Gasteiger partial charge on any atom is 0.224 e. The fraction of sp³-hybridized carbons (Fsp3) is 0.167. The molecule has 128 valence electrons. The minimum Gasteiger partial charge on any atom is -0.339 e. The van der Waals surface area contributed by atoms with E-state index in [1.54, 1.807) is 31.2 Å². The summed E-state index contributed by atoms with van der Waals surface area (Å²) in [6.45, 7) is 1.69. The molecular weight excluding hydrogens is 328 g/mol. The summed E-state index contributed by atoms with van der Waals surface area (Å²) >= 11 is 0. The molecule has 0 aliphatic heterocycles. The van der Waals surface area contributed by atoms with Gasteiger partial charge in [-0.1, -0.05) is 23.4 Å². The van der Waals surface area contributed by atoms with E-state index in [4.69, 9.17) is 4.52 Å². The van der Waals surface area contributed by atoms with E-state index in [1.165, 1.54) is 6.07 Å². The topological polar surface area (TPSA) is 68.0 Å². The molecule has 0 aliphatic rings. The summed E-state index contributed by atoms with van der Waals surface area (Å²) in [6.07, 6.45) is 0.462. The first-order chi connectivity index (χ1) is 12.0. The summed E-state index contributed by atoms with van der Waals surface area (Å²) in [5, 5.41) is 6.59. The van der Waals surface area contributed by atoms with Gasteiger partial charge in [0.05, 0.1) is 0 Å². The van der Waals surface area contributed by atoms with Gasteiger partial charge >= 0.3 is 0 Å². The van der Waals surface area contributed by atoms with Gasteiger partial charge in [-0.25, -0.2) is 8.78 Å². The van der Waals surface area contributed by atoms with Gasteiger partial charge in [0.2, 0.25) is 17.6 Å². The molecule has 0 aliphatic carbocycles. The monoisotopic (exact) mass is 343 g/mol. The van der Waals surface area contributed by atoms with E-state index in [9.17, 15) is 13.6 Å². The Morgan fingerprint density at radius 1 is 1.16 bits per heavy atom. The first-order valence-electron chi connectivity index (χ1n) is 7.66. The number of nitrogens with zero attached hydrogens (tertiary/aromatic N) is 2. The molecule has 7 heteroatoms. The zero-order valence-electron chi connectivity index (χ0n) is 13.4. The number of anilines is 1. The molecule has 0 atom stereocenters. The van der Waals surface area contributed by atoms with Gasteiger partial charge in [0, 0.05) is 24.6 Å². The average molecular weight is 343 g/mol. The lowest BCUT2D eigenvalue weighted by molar-refractivity contribution is -0.116. The molecule has 3 rings (SSSR count). The Bertz CT molecular complexity index is 909. The summed E-state index contributed by atoms with van der Waals surface area (Å²) in [5.41, 5.74) is 1.87. The molecule has 0 saturated carbocycles. The van der Waals surface area contributed by atoms with Crippen LogP contribution >= 0.6 is 0 Å². The van der Waals surface area contributed by atoms with Gasteiger partial charge in [0.1, 0.15) is 0 Å². The van der Waals surface area contributed by atoms with Crippen LogP contribution in [0.3, 0.4) is 0 Å².